The van der Waals surface area contributed by atoms with Gasteiger partial charge in [-0.25, -0.2) is 13.6 Å². The van der Waals surface area contributed by atoms with Gasteiger partial charge in [-0.15, -0.1) is 11.3 Å². The highest BCUT2D eigenvalue weighted by molar-refractivity contribution is 7.14. The summed E-state index contributed by atoms with van der Waals surface area (Å²) in [5.74, 6) is -4.20. The van der Waals surface area contributed by atoms with Crippen LogP contribution in [0.3, 0.4) is 0 Å². The number of nitrogens with one attached hydrogen (secondary N) is 1. The van der Waals surface area contributed by atoms with Crippen LogP contribution in [0.2, 0.25) is 0 Å². The van der Waals surface area contributed by atoms with Crippen LogP contribution in [0.4, 0.5) is 14.5 Å². The molecule has 0 saturated heterocycles. The average Bonchev–Trinajstić information content (AvgIpc) is 3.30. The molecule has 2 heterocycles. The molecule has 0 bridgehead atoms. The zero-order chi connectivity index (χ0) is 20.7. The predicted octanol–water partition coefficient (Wildman–Crippen LogP) is 5.70. The summed E-state index contributed by atoms with van der Waals surface area (Å²) in [6, 6.07) is 11.2. The summed E-state index contributed by atoms with van der Waals surface area (Å²) in [5, 5.41) is 14.2. The lowest BCUT2D eigenvalue weighted by Gasteiger charge is -2.07. The number of hydrogen-bond acceptors (Lipinski definition) is 4. The van der Waals surface area contributed by atoms with Crippen molar-refractivity contribution in [2.24, 2.45) is 0 Å². The first kappa shape index (κ1) is 18.8. The zero-order valence-corrected chi connectivity index (χ0v) is 15.8. The minimum Gasteiger partial charge on any atom is -0.478 e. The van der Waals surface area contributed by atoms with Crippen molar-refractivity contribution in [1.82, 2.24) is 0 Å². The highest BCUT2D eigenvalue weighted by Gasteiger charge is 2.25. The molecule has 146 valence electrons. The molecule has 2 aromatic heterocycles. The number of carboxylic acids is 1. The third-order valence-corrected chi connectivity index (χ3v) is 5.44. The van der Waals surface area contributed by atoms with Crippen molar-refractivity contribution in [2.45, 2.75) is 6.92 Å². The second kappa shape index (κ2) is 7.14. The summed E-state index contributed by atoms with van der Waals surface area (Å²) in [7, 11) is 0. The minimum absolute atomic E-state index is 0.00264. The molecule has 0 radical (unpaired) electrons. The minimum atomic E-state index is -1.37. The number of aromatic carboxylic acids is 1. The molecule has 2 N–H and O–H groups in total. The van der Waals surface area contributed by atoms with Gasteiger partial charge in [0.15, 0.2) is 17.4 Å². The van der Waals surface area contributed by atoms with Crippen molar-refractivity contribution in [3.63, 3.8) is 0 Å². The van der Waals surface area contributed by atoms with Crippen LogP contribution >= 0.6 is 11.3 Å². The molecule has 4 aromatic rings. The topological polar surface area (TPSA) is 79.5 Å². The Kier molecular flexibility index (Phi) is 4.63. The Hall–Kier alpha value is -3.52. The molecule has 29 heavy (non-hydrogen) atoms. The number of benzene rings is 2. The lowest BCUT2D eigenvalue weighted by Crippen LogP contribution is -2.13. The standard InChI is InChI=1S/C21H13F2NO4S/c1-10-6-7-12(18(23)17(10)22)19-16(21(26)27)13(9-29-19)24-20(25)15-8-11-4-2-3-5-14(11)28-15/h2-9H,1H3,(H,24,25)(H,26,27). The van der Waals surface area contributed by atoms with Crippen molar-refractivity contribution in [1.29, 1.82) is 0 Å². The number of halogens is 2. The average molecular weight is 413 g/mol. The van der Waals surface area contributed by atoms with E-state index in [2.05, 4.69) is 5.32 Å². The van der Waals surface area contributed by atoms with Crippen LogP contribution in [-0.4, -0.2) is 17.0 Å². The van der Waals surface area contributed by atoms with Gasteiger partial charge in [0.1, 0.15) is 11.1 Å². The Bertz CT molecular complexity index is 1240. The van der Waals surface area contributed by atoms with Crippen LogP contribution in [0, 0.1) is 18.6 Å². The van der Waals surface area contributed by atoms with E-state index in [0.29, 0.717) is 5.58 Å². The van der Waals surface area contributed by atoms with Crippen LogP contribution in [0.1, 0.15) is 26.5 Å². The number of carbonyl (C=O) groups is 2. The first-order valence-electron chi connectivity index (χ1n) is 8.46. The lowest BCUT2D eigenvalue weighted by molar-refractivity contribution is 0.0699. The molecule has 1 amide bonds. The van der Waals surface area contributed by atoms with E-state index in [4.69, 9.17) is 4.42 Å². The largest absolute Gasteiger partial charge is 0.478 e. The molecule has 0 aliphatic carbocycles. The molecule has 0 aliphatic rings. The van der Waals surface area contributed by atoms with Gasteiger partial charge >= 0.3 is 5.97 Å². The van der Waals surface area contributed by atoms with Gasteiger partial charge in [-0.1, -0.05) is 30.3 Å². The molecule has 5 nitrogen and oxygen atoms in total. The SMILES string of the molecule is Cc1ccc(-c2scc(NC(=O)c3cc4ccccc4o3)c2C(=O)O)c(F)c1F. The molecule has 0 aliphatic heterocycles. The fraction of sp³-hybridized carbons (Fsp3) is 0.0476. The van der Waals surface area contributed by atoms with Gasteiger partial charge in [0.2, 0.25) is 0 Å². The summed E-state index contributed by atoms with van der Waals surface area (Å²) >= 11 is 0.896. The first-order valence-corrected chi connectivity index (χ1v) is 9.34. The predicted molar refractivity (Wildman–Crippen MR) is 106 cm³/mol. The molecule has 0 unspecified atom stereocenters. The van der Waals surface area contributed by atoms with Gasteiger partial charge in [-0.05, 0) is 24.6 Å². The van der Waals surface area contributed by atoms with E-state index >= 15 is 0 Å². The van der Waals surface area contributed by atoms with Gasteiger partial charge in [0, 0.05) is 16.3 Å². The van der Waals surface area contributed by atoms with Gasteiger partial charge in [-0.2, -0.15) is 0 Å². The quantitative estimate of drug-likeness (QED) is 0.450. The zero-order valence-electron chi connectivity index (χ0n) is 15.0. The fourth-order valence-corrected chi connectivity index (χ4v) is 3.97. The Morgan fingerprint density at radius 2 is 1.86 bits per heavy atom. The number of carboxylic acid groups (broad SMARTS) is 1. The number of thiophene rings is 1. The van der Waals surface area contributed by atoms with Gasteiger partial charge < -0.3 is 14.8 Å². The Labute approximate surface area is 167 Å². The summed E-state index contributed by atoms with van der Waals surface area (Å²) in [4.78, 5) is 24.4. The summed E-state index contributed by atoms with van der Waals surface area (Å²) in [5.41, 5.74) is 0.0992. The summed E-state index contributed by atoms with van der Waals surface area (Å²) in [6.07, 6.45) is 0. The van der Waals surface area contributed by atoms with E-state index < -0.39 is 23.5 Å². The second-order valence-electron chi connectivity index (χ2n) is 6.32. The number of amides is 1. The smallest absolute Gasteiger partial charge is 0.339 e. The molecule has 0 saturated carbocycles. The molecule has 0 atom stereocenters. The Morgan fingerprint density at radius 1 is 1.10 bits per heavy atom. The Morgan fingerprint density at radius 3 is 2.59 bits per heavy atom. The van der Waals surface area contributed by atoms with E-state index in [1.807, 2.05) is 0 Å². The van der Waals surface area contributed by atoms with Crippen LogP contribution in [-0.2, 0) is 0 Å². The third-order valence-electron chi connectivity index (χ3n) is 4.42. The molecular formula is C21H13F2NO4S. The van der Waals surface area contributed by atoms with E-state index in [9.17, 15) is 23.5 Å². The number of hydrogen-bond donors (Lipinski definition) is 2. The molecule has 8 heteroatoms. The molecule has 2 aromatic carbocycles. The molecule has 0 fully saturated rings. The van der Waals surface area contributed by atoms with E-state index in [-0.39, 0.29) is 33.0 Å². The van der Waals surface area contributed by atoms with Crippen LogP contribution < -0.4 is 5.32 Å². The van der Waals surface area contributed by atoms with E-state index in [0.717, 1.165) is 16.7 Å². The number of rotatable bonds is 4. The number of para-hydroxylation sites is 1. The van der Waals surface area contributed by atoms with Crippen LogP contribution in [0.25, 0.3) is 21.4 Å². The van der Waals surface area contributed by atoms with Gasteiger partial charge in [0.25, 0.3) is 5.91 Å². The van der Waals surface area contributed by atoms with Crippen molar-refractivity contribution in [3.8, 4) is 10.4 Å². The van der Waals surface area contributed by atoms with E-state index in [1.165, 1.54) is 30.5 Å². The number of carbonyl (C=O) groups excluding carboxylic acids is 1. The lowest BCUT2D eigenvalue weighted by atomic mass is 10.1. The maximum absolute atomic E-state index is 14.4. The summed E-state index contributed by atoms with van der Waals surface area (Å²) in [6.45, 7) is 1.41. The monoisotopic (exact) mass is 413 g/mol. The Balaban J connectivity index is 1.73. The van der Waals surface area contributed by atoms with Gasteiger partial charge in [-0.3, -0.25) is 4.79 Å². The highest BCUT2D eigenvalue weighted by Crippen LogP contribution is 2.38. The maximum atomic E-state index is 14.4. The number of aryl methyl sites for hydroxylation is 1. The number of anilines is 1. The maximum Gasteiger partial charge on any atom is 0.339 e. The normalized spacial score (nSPS) is 11.0. The number of fused-ring (bicyclic) bond motifs is 1. The number of furan rings is 1. The molecular weight excluding hydrogens is 400 g/mol. The van der Waals surface area contributed by atoms with Gasteiger partial charge in [0.05, 0.1) is 10.6 Å². The third kappa shape index (κ3) is 3.27. The summed E-state index contributed by atoms with van der Waals surface area (Å²) < 4.78 is 33.8. The van der Waals surface area contributed by atoms with Crippen LogP contribution in [0.5, 0.6) is 0 Å². The van der Waals surface area contributed by atoms with Crippen molar-refractivity contribution >= 4 is 39.9 Å². The van der Waals surface area contributed by atoms with Crippen molar-refractivity contribution in [2.75, 3.05) is 5.32 Å². The van der Waals surface area contributed by atoms with Crippen molar-refractivity contribution < 1.29 is 27.9 Å². The van der Waals surface area contributed by atoms with Crippen LogP contribution in [0.15, 0.2) is 52.3 Å². The molecule has 0 spiro atoms. The fourth-order valence-electron chi connectivity index (χ4n) is 2.96. The van der Waals surface area contributed by atoms with E-state index in [1.54, 1.807) is 24.3 Å². The highest BCUT2D eigenvalue weighted by atomic mass is 32.1. The molecule has 4 rings (SSSR count). The van der Waals surface area contributed by atoms with Crippen molar-refractivity contribution in [3.05, 3.63) is 76.4 Å². The first-order chi connectivity index (χ1) is 13.9. The second-order valence-corrected chi connectivity index (χ2v) is 7.20.